The van der Waals surface area contributed by atoms with Crippen molar-refractivity contribution >= 4 is 33.6 Å². The molecule has 0 aliphatic carbocycles. The van der Waals surface area contributed by atoms with E-state index in [4.69, 9.17) is 4.74 Å². The third-order valence-corrected chi connectivity index (χ3v) is 3.79. The van der Waals surface area contributed by atoms with Crippen LogP contribution in [0, 0.1) is 0 Å². The number of halogens is 1. The molecule has 0 aliphatic rings. The van der Waals surface area contributed by atoms with Gasteiger partial charge in [0.25, 0.3) is 0 Å². The molecule has 0 aliphatic heterocycles. The Balaban J connectivity index is 2.19. The van der Waals surface area contributed by atoms with Gasteiger partial charge < -0.3 is 10.1 Å². The fourth-order valence-electron chi connectivity index (χ4n) is 1.49. The Bertz CT molecular complexity index is 580. The summed E-state index contributed by atoms with van der Waals surface area (Å²) in [5.41, 5.74) is 0. The maximum Gasteiger partial charge on any atom is 0.322 e. The summed E-state index contributed by atoms with van der Waals surface area (Å²) in [6.45, 7) is 5.39. The minimum atomic E-state index is 0.363. The van der Waals surface area contributed by atoms with E-state index in [1.54, 1.807) is 0 Å². The number of hydrogen-bond acceptors (Lipinski definition) is 6. The van der Waals surface area contributed by atoms with Gasteiger partial charge in [-0.15, -0.1) is 0 Å². The zero-order valence-corrected chi connectivity index (χ0v) is 14.4. The summed E-state index contributed by atoms with van der Waals surface area (Å²) in [7, 11) is 0. The van der Waals surface area contributed by atoms with Crippen molar-refractivity contribution in [3.8, 4) is 6.01 Å². The molecule has 0 amide bonds. The molecule has 1 aromatic heterocycles. The number of rotatable bonds is 7. The summed E-state index contributed by atoms with van der Waals surface area (Å²) in [4.78, 5) is 14.0. The third-order valence-electron chi connectivity index (χ3n) is 2.39. The second-order valence-electron chi connectivity index (χ2n) is 4.16. The normalized spacial score (nSPS) is 10.4. The van der Waals surface area contributed by atoms with Crippen LogP contribution in [0.2, 0.25) is 0 Å². The largest absolute Gasteiger partial charge is 0.463 e. The Hall–Kier alpha value is -1.34. The Morgan fingerprint density at radius 3 is 2.57 bits per heavy atom. The average molecular weight is 369 g/mol. The molecule has 112 valence electrons. The maximum absolute atomic E-state index is 5.52. The van der Waals surface area contributed by atoms with Crippen molar-refractivity contribution < 1.29 is 4.74 Å². The first-order chi connectivity index (χ1) is 10.2. The Labute approximate surface area is 137 Å². The molecule has 21 heavy (non-hydrogen) atoms. The van der Waals surface area contributed by atoms with Gasteiger partial charge in [-0.3, -0.25) is 0 Å². The molecule has 1 N–H and O–H groups in total. The highest BCUT2D eigenvalue weighted by Gasteiger charge is 2.08. The van der Waals surface area contributed by atoms with Gasteiger partial charge in [0.15, 0.2) is 0 Å². The van der Waals surface area contributed by atoms with Crippen molar-refractivity contribution in [2.45, 2.75) is 30.3 Å². The van der Waals surface area contributed by atoms with E-state index >= 15 is 0 Å². The molecular formula is C14H17BrN4OS. The first kappa shape index (κ1) is 16.0. The second kappa shape index (κ2) is 8.19. The van der Waals surface area contributed by atoms with Gasteiger partial charge in [0.2, 0.25) is 11.1 Å². The molecule has 5 nitrogen and oxygen atoms in total. The van der Waals surface area contributed by atoms with E-state index in [1.807, 2.05) is 38.1 Å². The lowest BCUT2D eigenvalue weighted by Gasteiger charge is -2.08. The van der Waals surface area contributed by atoms with Crippen molar-refractivity contribution in [1.82, 2.24) is 15.0 Å². The van der Waals surface area contributed by atoms with Gasteiger partial charge in [0, 0.05) is 15.9 Å². The fourth-order valence-corrected chi connectivity index (χ4v) is 2.49. The van der Waals surface area contributed by atoms with Crippen LogP contribution in [0.5, 0.6) is 6.01 Å². The van der Waals surface area contributed by atoms with Gasteiger partial charge in [-0.1, -0.05) is 22.9 Å². The van der Waals surface area contributed by atoms with Crippen LogP contribution in [0.15, 0.2) is 38.8 Å². The summed E-state index contributed by atoms with van der Waals surface area (Å²) in [6.07, 6.45) is 0.914. The van der Waals surface area contributed by atoms with E-state index in [9.17, 15) is 0 Å². The highest BCUT2D eigenvalue weighted by atomic mass is 79.9. The molecule has 0 saturated heterocycles. The van der Waals surface area contributed by atoms with Crippen molar-refractivity contribution in [1.29, 1.82) is 0 Å². The van der Waals surface area contributed by atoms with E-state index < -0.39 is 0 Å². The lowest BCUT2D eigenvalue weighted by molar-refractivity contribution is 0.288. The number of benzene rings is 1. The third kappa shape index (κ3) is 5.17. The zero-order chi connectivity index (χ0) is 15.1. The predicted molar refractivity (Wildman–Crippen MR) is 88.0 cm³/mol. The van der Waals surface area contributed by atoms with E-state index in [0.717, 1.165) is 22.3 Å². The molecule has 0 atom stereocenters. The molecule has 0 saturated carbocycles. The van der Waals surface area contributed by atoms with Crippen molar-refractivity contribution in [3.05, 3.63) is 28.7 Å². The standard InChI is InChI=1S/C14H17BrN4OS/c1-3-9-20-13-17-12(16-4-2)18-14(19-13)21-11-7-5-10(15)6-8-11/h5-8H,3-4,9H2,1-2H3,(H,16,17,18,19). The first-order valence-electron chi connectivity index (χ1n) is 6.77. The lowest BCUT2D eigenvalue weighted by atomic mass is 10.4. The van der Waals surface area contributed by atoms with Gasteiger partial charge in [-0.2, -0.15) is 15.0 Å². The van der Waals surface area contributed by atoms with Crippen molar-refractivity contribution in [2.24, 2.45) is 0 Å². The van der Waals surface area contributed by atoms with Crippen LogP contribution in [0.3, 0.4) is 0 Å². The second-order valence-corrected chi connectivity index (χ2v) is 6.12. The highest BCUT2D eigenvalue weighted by molar-refractivity contribution is 9.10. The Morgan fingerprint density at radius 2 is 1.90 bits per heavy atom. The molecule has 1 aromatic carbocycles. The molecule has 0 bridgehead atoms. The summed E-state index contributed by atoms with van der Waals surface area (Å²) >= 11 is 4.90. The number of aromatic nitrogens is 3. The summed E-state index contributed by atoms with van der Waals surface area (Å²) < 4.78 is 6.56. The molecule has 0 fully saturated rings. The van der Waals surface area contributed by atoms with Gasteiger partial charge in [-0.05, 0) is 49.4 Å². The van der Waals surface area contributed by atoms with Crippen LogP contribution in [-0.4, -0.2) is 28.1 Å². The number of ether oxygens (including phenoxy) is 1. The smallest absolute Gasteiger partial charge is 0.322 e. The van der Waals surface area contributed by atoms with Gasteiger partial charge >= 0.3 is 6.01 Å². The first-order valence-corrected chi connectivity index (χ1v) is 8.38. The summed E-state index contributed by atoms with van der Waals surface area (Å²) in [6, 6.07) is 8.37. The van der Waals surface area contributed by atoms with Crippen LogP contribution in [-0.2, 0) is 0 Å². The van der Waals surface area contributed by atoms with Crippen molar-refractivity contribution in [2.75, 3.05) is 18.5 Å². The predicted octanol–water partition coefficient (Wildman–Crippen LogP) is 4.01. The maximum atomic E-state index is 5.52. The summed E-state index contributed by atoms with van der Waals surface area (Å²) in [5, 5.41) is 3.72. The van der Waals surface area contributed by atoms with Crippen LogP contribution >= 0.6 is 27.7 Å². The molecule has 2 aromatic rings. The molecule has 7 heteroatoms. The average Bonchev–Trinajstić information content (AvgIpc) is 2.48. The summed E-state index contributed by atoms with van der Waals surface area (Å²) in [5.74, 6) is 0.540. The quantitative estimate of drug-likeness (QED) is 0.796. The van der Waals surface area contributed by atoms with Crippen LogP contribution in [0.1, 0.15) is 20.3 Å². The van der Waals surface area contributed by atoms with E-state index in [1.165, 1.54) is 11.8 Å². The molecule has 0 unspecified atom stereocenters. The van der Waals surface area contributed by atoms with Crippen LogP contribution in [0.4, 0.5) is 5.95 Å². The minimum Gasteiger partial charge on any atom is -0.463 e. The van der Waals surface area contributed by atoms with Gasteiger partial charge in [0.1, 0.15) is 0 Å². The zero-order valence-electron chi connectivity index (χ0n) is 12.0. The number of nitrogens with zero attached hydrogens (tertiary/aromatic N) is 3. The monoisotopic (exact) mass is 368 g/mol. The Morgan fingerprint density at radius 1 is 1.14 bits per heavy atom. The fraction of sp³-hybridized carbons (Fsp3) is 0.357. The van der Waals surface area contributed by atoms with Crippen LogP contribution in [0.25, 0.3) is 0 Å². The van der Waals surface area contributed by atoms with E-state index in [2.05, 4.69) is 36.2 Å². The Kier molecular flexibility index (Phi) is 6.25. The topological polar surface area (TPSA) is 59.9 Å². The number of hydrogen-bond donors (Lipinski definition) is 1. The number of nitrogens with one attached hydrogen (secondary N) is 1. The molecule has 0 spiro atoms. The van der Waals surface area contributed by atoms with Crippen LogP contribution < -0.4 is 10.1 Å². The van der Waals surface area contributed by atoms with Gasteiger partial charge in [-0.25, -0.2) is 0 Å². The van der Waals surface area contributed by atoms with E-state index in [0.29, 0.717) is 23.7 Å². The number of anilines is 1. The minimum absolute atomic E-state index is 0.363. The highest BCUT2D eigenvalue weighted by Crippen LogP contribution is 2.27. The molecule has 0 radical (unpaired) electrons. The molecule has 1 heterocycles. The van der Waals surface area contributed by atoms with Crippen molar-refractivity contribution in [3.63, 3.8) is 0 Å². The van der Waals surface area contributed by atoms with Gasteiger partial charge in [0.05, 0.1) is 6.61 Å². The van der Waals surface area contributed by atoms with E-state index in [-0.39, 0.29) is 0 Å². The lowest BCUT2D eigenvalue weighted by Crippen LogP contribution is -2.07. The molecule has 2 rings (SSSR count). The SMILES string of the molecule is CCCOc1nc(NCC)nc(Sc2ccc(Br)cc2)n1. The molecular weight excluding hydrogens is 352 g/mol.